The van der Waals surface area contributed by atoms with E-state index in [-0.39, 0.29) is 29.9 Å². The average molecular weight is 385 g/mol. The summed E-state index contributed by atoms with van der Waals surface area (Å²) in [5.41, 5.74) is 1.71. The Morgan fingerprint density at radius 1 is 1.05 bits per heavy atom. The Morgan fingerprint density at radius 2 is 1.65 bits per heavy atom. The highest BCUT2D eigenvalue weighted by atomic mass is 127. The zero-order valence-corrected chi connectivity index (χ0v) is 13.5. The van der Waals surface area contributed by atoms with Crippen molar-refractivity contribution in [3.63, 3.8) is 0 Å². The summed E-state index contributed by atoms with van der Waals surface area (Å²) in [6.07, 6.45) is 3.72. The van der Waals surface area contributed by atoms with Gasteiger partial charge in [0.1, 0.15) is 5.75 Å². The maximum absolute atomic E-state index is 11.3. The van der Waals surface area contributed by atoms with Crippen LogP contribution in [0.3, 0.4) is 0 Å². The van der Waals surface area contributed by atoms with Gasteiger partial charge in [0.15, 0.2) is 18.9 Å². The summed E-state index contributed by atoms with van der Waals surface area (Å²) in [5.74, 6) is 0.520. The number of hydrogen-bond acceptors (Lipinski definition) is 3. The maximum atomic E-state index is 11.3. The predicted molar refractivity (Wildman–Crippen MR) is 70.1 cm³/mol. The molecule has 0 saturated carbocycles. The summed E-state index contributed by atoms with van der Waals surface area (Å²) in [4.78, 5) is 11.3. The highest BCUT2D eigenvalue weighted by molar-refractivity contribution is 5.88. The lowest BCUT2D eigenvalue weighted by atomic mass is 10.2. The smallest absolute Gasteiger partial charge is 0.338 e. The van der Waals surface area contributed by atoms with E-state index in [1.807, 2.05) is 41.2 Å². The van der Waals surface area contributed by atoms with Crippen LogP contribution in [-0.4, -0.2) is 20.2 Å². The first-order chi connectivity index (χ1) is 9.22. The molecule has 1 heterocycles. The molecule has 5 heteroatoms. The summed E-state index contributed by atoms with van der Waals surface area (Å²) < 4.78 is 11.8. The van der Waals surface area contributed by atoms with Crippen molar-refractivity contribution in [1.29, 1.82) is 0 Å². The standard InChI is InChI=1S/C15H16NO3.HI/c1-18-14-5-3-12(4-6-14)11-16-9-7-13(8-10-16)15(17)19-2;/h3-10H,11H2,1-2H3;1H/q+1;/p-1. The van der Waals surface area contributed by atoms with E-state index in [0.29, 0.717) is 5.56 Å². The van der Waals surface area contributed by atoms with Crippen molar-refractivity contribution in [2.75, 3.05) is 14.2 Å². The number of esters is 1. The van der Waals surface area contributed by atoms with Crippen LogP contribution in [0.5, 0.6) is 5.75 Å². The van der Waals surface area contributed by atoms with E-state index in [9.17, 15) is 4.79 Å². The highest BCUT2D eigenvalue weighted by Gasteiger charge is 2.08. The number of halogens is 1. The minimum absolute atomic E-state index is 0. The number of ether oxygens (including phenoxy) is 2. The van der Waals surface area contributed by atoms with Crippen molar-refractivity contribution in [2.45, 2.75) is 6.54 Å². The molecule has 0 aliphatic carbocycles. The van der Waals surface area contributed by atoms with Crippen LogP contribution in [0.25, 0.3) is 0 Å². The van der Waals surface area contributed by atoms with Gasteiger partial charge in [-0.05, 0) is 24.3 Å². The molecule has 0 amide bonds. The average Bonchev–Trinajstić information content (AvgIpc) is 2.48. The zero-order chi connectivity index (χ0) is 13.7. The Labute approximate surface area is 135 Å². The van der Waals surface area contributed by atoms with Crippen molar-refractivity contribution >= 4 is 5.97 Å². The van der Waals surface area contributed by atoms with E-state index >= 15 is 0 Å². The van der Waals surface area contributed by atoms with Gasteiger partial charge in [0, 0.05) is 17.7 Å². The second kappa shape index (κ2) is 7.84. The Kier molecular flexibility index (Phi) is 6.44. The number of rotatable bonds is 4. The van der Waals surface area contributed by atoms with Gasteiger partial charge < -0.3 is 33.5 Å². The molecule has 106 valence electrons. The zero-order valence-electron chi connectivity index (χ0n) is 11.4. The van der Waals surface area contributed by atoms with Crippen LogP contribution in [-0.2, 0) is 11.3 Å². The Hall–Kier alpha value is -1.63. The Morgan fingerprint density at radius 3 is 2.15 bits per heavy atom. The summed E-state index contributed by atoms with van der Waals surface area (Å²) in [6, 6.07) is 11.4. The van der Waals surface area contributed by atoms with E-state index in [1.165, 1.54) is 7.11 Å². The molecule has 2 aromatic rings. The summed E-state index contributed by atoms with van der Waals surface area (Å²) in [6.45, 7) is 0.742. The quantitative estimate of drug-likeness (QED) is 0.378. The van der Waals surface area contributed by atoms with Gasteiger partial charge in [-0.2, -0.15) is 0 Å². The third-order valence-corrected chi connectivity index (χ3v) is 2.84. The van der Waals surface area contributed by atoms with Gasteiger partial charge >= 0.3 is 5.97 Å². The molecule has 20 heavy (non-hydrogen) atoms. The van der Waals surface area contributed by atoms with Crippen molar-refractivity contribution in [3.05, 3.63) is 59.9 Å². The SMILES string of the molecule is COC(=O)c1cc[n+](Cc2ccc(OC)cc2)cc1.[I-]. The number of hydrogen-bond donors (Lipinski definition) is 0. The monoisotopic (exact) mass is 385 g/mol. The normalized spacial score (nSPS) is 9.50. The molecular formula is C15H16INO3. The van der Waals surface area contributed by atoms with Gasteiger partial charge in [-0.1, -0.05) is 0 Å². The second-order valence-electron chi connectivity index (χ2n) is 4.10. The van der Waals surface area contributed by atoms with E-state index in [1.54, 1.807) is 19.2 Å². The number of carbonyl (C=O) groups excluding carboxylic acids is 1. The highest BCUT2D eigenvalue weighted by Crippen LogP contribution is 2.10. The molecule has 0 spiro atoms. The third kappa shape index (κ3) is 4.19. The number of benzene rings is 1. The van der Waals surface area contributed by atoms with E-state index in [0.717, 1.165) is 17.9 Å². The summed E-state index contributed by atoms with van der Waals surface area (Å²) >= 11 is 0. The number of nitrogens with zero attached hydrogens (tertiary/aromatic N) is 1. The number of methoxy groups -OCH3 is 2. The second-order valence-corrected chi connectivity index (χ2v) is 4.10. The maximum Gasteiger partial charge on any atom is 0.338 e. The van der Waals surface area contributed by atoms with Crippen LogP contribution in [0.4, 0.5) is 0 Å². The molecular weight excluding hydrogens is 369 g/mol. The van der Waals surface area contributed by atoms with E-state index in [4.69, 9.17) is 4.74 Å². The fourth-order valence-corrected chi connectivity index (χ4v) is 1.76. The molecule has 0 aliphatic rings. The van der Waals surface area contributed by atoms with Gasteiger partial charge in [0.05, 0.1) is 19.8 Å². The van der Waals surface area contributed by atoms with Crippen LogP contribution >= 0.6 is 0 Å². The molecule has 0 fully saturated rings. The van der Waals surface area contributed by atoms with Crippen molar-refractivity contribution in [3.8, 4) is 5.75 Å². The van der Waals surface area contributed by atoms with Gasteiger partial charge in [-0.3, -0.25) is 0 Å². The first-order valence-corrected chi connectivity index (χ1v) is 5.93. The molecule has 4 nitrogen and oxygen atoms in total. The van der Waals surface area contributed by atoms with E-state index < -0.39 is 0 Å². The third-order valence-electron chi connectivity index (χ3n) is 2.84. The van der Waals surface area contributed by atoms with Crippen molar-refractivity contribution < 1.29 is 42.8 Å². The lowest BCUT2D eigenvalue weighted by Crippen LogP contribution is -3.00. The largest absolute Gasteiger partial charge is 1.00 e. The molecule has 0 atom stereocenters. The van der Waals surface area contributed by atoms with Crippen LogP contribution in [0, 0.1) is 0 Å². The van der Waals surface area contributed by atoms with Crippen LogP contribution < -0.4 is 33.3 Å². The van der Waals surface area contributed by atoms with Gasteiger partial charge in [0.25, 0.3) is 0 Å². The van der Waals surface area contributed by atoms with Gasteiger partial charge in [-0.15, -0.1) is 0 Å². The summed E-state index contributed by atoms with van der Waals surface area (Å²) in [5, 5.41) is 0. The van der Waals surface area contributed by atoms with Crippen molar-refractivity contribution in [1.82, 2.24) is 0 Å². The minimum Gasteiger partial charge on any atom is -1.00 e. The number of carbonyl (C=O) groups is 1. The molecule has 0 unspecified atom stereocenters. The first kappa shape index (κ1) is 16.4. The van der Waals surface area contributed by atoms with Gasteiger partial charge in [0.2, 0.25) is 0 Å². The van der Waals surface area contributed by atoms with Crippen molar-refractivity contribution in [2.24, 2.45) is 0 Å². The van der Waals surface area contributed by atoms with Gasteiger partial charge in [-0.25, -0.2) is 9.36 Å². The lowest BCUT2D eigenvalue weighted by Gasteiger charge is -2.02. The number of pyridine rings is 1. The Bertz CT molecular complexity index is 552. The van der Waals surface area contributed by atoms with Crippen LogP contribution in [0.15, 0.2) is 48.8 Å². The Balaban J connectivity index is 0.00000200. The summed E-state index contributed by atoms with van der Waals surface area (Å²) in [7, 11) is 3.02. The fraction of sp³-hybridized carbons (Fsp3) is 0.200. The number of aromatic nitrogens is 1. The lowest BCUT2D eigenvalue weighted by molar-refractivity contribution is -0.688. The van der Waals surface area contributed by atoms with E-state index in [2.05, 4.69) is 4.74 Å². The van der Waals surface area contributed by atoms with Crippen LogP contribution in [0.2, 0.25) is 0 Å². The van der Waals surface area contributed by atoms with Crippen LogP contribution in [0.1, 0.15) is 15.9 Å². The fourth-order valence-electron chi connectivity index (χ4n) is 1.76. The first-order valence-electron chi connectivity index (χ1n) is 5.93. The topological polar surface area (TPSA) is 39.4 Å². The molecule has 0 saturated heterocycles. The molecule has 0 bridgehead atoms. The molecule has 0 N–H and O–H groups in total. The minimum atomic E-state index is -0.323. The molecule has 2 rings (SSSR count). The molecule has 0 aliphatic heterocycles. The predicted octanol–water partition coefficient (Wildman–Crippen LogP) is -1.18. The molecule has 1 aromatic carbocycles. The molecule has 0 radical (unpaired) electrons. The molecule has 1 aromatic heterocycles.